The van der Waals surface area contributed by atoms with E-state index in [1.165, 1.54) is 30.3 Å². The minimum atomic E-state index is -7.15. The number of benzene rings is 1. The van der Waals surface area contributed by atoms with E-state index in [4.69, 9.17) is 4.74 Å². The van der Waals surface area contributed by atoms with Gasteiger partial charge < -0.3 is 14.9 Å². The first-order valence-electron chi connectivity index (χ1n) is 8.50. The number of halogens is 12. The zero-order valence-corrected chi connectivity index (χ0v) is 15.7. The SMILES string of the molecule is OC(C(F)(F)F)(C(F)(F)F)C1(C(O)(C(F)(F)F)C(F)(F)F)C=CC(Oc2ccccc2)=CC1. The van der Waals surface area contributed by atoms with Crippen LogP contribution in [0.3, 0.4) is 0 Å². The highest BCUT2D eigenvalue weighted by molar-refractivity contribution is 5.37. The molecule has 1 aliphatic carbocycles. The van der Waals surface area contributed by atoms with Gasteiger partial charge in [0.25, 0.3) is 11.2 Å². The van der Waals surface area contributed by atoms with Gasteiger partial charge in [0.2, 0.25) is 0 Å². The molecule has 2 N–H and O–H groups in total. The van der Waals surface area contributed by atoms with Crippen molar-refractivity contribution in [3.63, 3.8) is 0 Å². The van der Waals surface area contributed by atoms with Gasteiger partial charge >= 0.3 is 24.7 Å². The maximum absolute atomic E-state index is 13.5. The van der Waals surface area contributed by atoms with Gasteiger partial charge in [-0.3, -0.25) is 0 Å². The maximum atomic E-state index is 13.5. The first kappa shape index (κ1) is 26.8. The van der Waals surface area contributed by atoms with Crippen molar-refractivity contribution in [2.45, 2.75) is 42.3 Å². The number of hydrogen-bond acceptors (Lipinski definition) is 3. The van der Waals surface area contributed by atoms with E-state index >= 15 is 0 Å². The molecule has 0 radical (unpaired) electrons. The molecule has 0 saturated heterocycles. The number of alkyl halides is 12. The summed E-state index contributed by atoms with van der Waals surface area (Å²) >= 11 is 0. The average Bonchev–Trinajstić information content (AvgIpc) is 2.64. The highest BCUT2D eigenvalue weighted by Crippen LogP contribution is 2.66. The maximum Gasteiger partial charge on any atom is 0.427 e. The summed E-state index contributed by atoms with van der Waals surface area (Å²) < 4.78 is 167. The zero-order valence-electron chi connectivity index (χ0n) is 15.7. The molecule has 15 heteroatoms. The fourth-order valence-corrected chi connectivity index (χ4v) is 3.45. The van der Waals surface area contributed by atoms with Crippen molar-refractivity contribution < 1.29 is 67.6 Å². The quantitative estimate of drug-likeness (QED) is 0.525. The van der Waals surface area contributed by atoms with E-state index in [0.29, 0.717) is 0 Å². The molecular formula is C18H12F12O3. The Hall–Kier alpha value is -2.42. The van der Waals surface area contributed by atoms with Crippen molar-refractivity contribution in [2.24, 2.45) is 5.41 Å². The predicted octanol–water partition coefficient (Wildman–Crippen LogP) is 5.61. The summed E-state index contributed by atoms with van der Waals surface area (Å²) in [6.45, 7) is 0. The van der Waals surface area contributed by atoms with Crippen LogP contribution in [0.1, 0.15) is 6.42 Å². The molecule has 0 bridgehead atoms. The Morgan fingerprint density at radius 3 is 1.36 bits per heavy atom. The first-order valence-corrected chi connectivity index (χ1v) is 8.50. The Morgan fingerprint density at radius 1 is 0.667 bits per heavy atom. The normalized spacial score (nSPS) is 18.2. The standard InChI is InChI=1S/C18H12F12O3/c19-15(20,21)13(31,16(22,23)24)12(14(32,17(25,26)27)18(28,29)30)8-6-11(7-9-12)33-10-4-2-1-3-5-10/h1-8,31-32H,9H2. The number of rotatable bonds is 4. The molecule has 0 fully saturated rings. The van der Waals surface area contributed by atoms with E-state index in [0.717, 1.165) is 0 Å². The van der Waals surface area contributed by atoms with Crippen LogP contribution in [-0.2, 0) is 0 Å². The number of aliphatic hydroxyl groups is 2. The average molecular weight is 504 g/mol. The van der Waals surface area contributed by atoms with Crippen LogP contribution in [-0.4, -0.2) is 46.1 Å². The van der Waals surface area contributed by atoms with Crippen molar-refractivity contribution in [2.75, 3.05) is 0 Å². The van der Waals surface area contributed by atoms with Crippen molar-refractivity contribution in [3.05, 3.63) is 54.3 Å². The summed E-state index contributed by atoms with van der Waals surface area (Å²) in [5.41, 5.74) is -18.9. The molecule has 0 atom stereocenters. The van der Waals surface area contributed by atoms with E-state index in [1.54, 1.807) is 0 Å². The Balaban J connectivity index is 2.84. The smallest absolute Gasteiger partial charge is 0.427 e. The molecule has 3 nitrogen and oxygen atoms in total. The van der Waals surface area contributed by atoms with Gasteiger partial charge in [-0.05, 0) is 30.7 Å². The largest absolute Gasteiger partial charge is 0.458 e. The topological polar surface area (TPSA) is 49.7 Å². The van der Waals surface area contributed by atoms with Crippen LogP contribution in [0.4, 0.5) is 52.7 Å². The molecule has 0 spiro atoms. The molecule has 0 aromatic heterocycles. The minimum absolute atomic E-state index is 0.0396. The lowest BCUT2D eigenvalue weighted by Crippen LogP contribution is -2.79. The molecule has 0 aliphatic heterocycles. The second kappa shape index (κ2) is 7.82. The van der Waals surface area contributed by atoms with Gasteiger partial charge in [0.15, 0.2) is 0 Å². The number of para-hydroxylation sites is 1. The lowest BCUT2D eigenvalue weighted by molar-refractivity contribution is -0.466. The molecule has 1 aromatic rings. The summed E-state index contributed by atoms with van der Waals surface area (Å²) in [5.74, 6) is -0.861. The highest BCUT2D eigenvalue weighted by Gasteiger charge is 2.91. The van der Waals surface area contributed by atoms with E-state index in [2.05, 4.69) is 0 Å². The van der Waals surface area contributed by atoms with Crippen molar-refractivity contribution in [1.82, 2.24) is 0 Å². The molecule has 0 saturated carbocycles. The van der Waals surface area contributed by atoms with Crippen LogP contribution in [0.25, 0.3) is 0 Å². The minimum Gasteiger partial charge on any atom is -0.458 e. The van der Waals surface area contributed by atoms with E-state index in [9.17, 15) is 62.9 Å². The van der Waals surface area contributed by atoms with Crippen molar-refractivity contribution in [1.29, 1.82) is 0 Å². The molecule has 0 amide bonds. The van der Waals surface area contributed by atoms with E-state index in [1.807, 2.05) is 0 Å². The van der Waals surface area contributed by atoms with Crippen LogP contribution in [0.15, 0.2) is 54.3 Å². The summed E-state index contributed by atoms with van der Waals surface area (Å²) in [7, 11) is 0. The van der Waals surface area contributed by atoms with E-state index in [-0.39, 0.29) is 17.9 Å². The Kier molecular flexibility index (Phi) is 6.36. The summed E-state index contributed by atoms with van der Waals surface area (Å²) in [6.07, 6.45) is -31.8. The fourth-order valence-electron chi connectivity index (χ4n) is 3.45. The summed E-state index contributed by atoms with van der Waals surface area (Å²) in [4.78, 5) is 0. The van der Waals surface area contributed by atoms with Gasteiger partial charge in [-0.2, -0.15) is 52.7 Å². The third-order valence-corrected chi connectivity index (χ3v) is 5.07. The van der Waals surface area contributed by atoms with Gasteiger partial charge in [0, 0.05) is 0 Å². The molecule has 1 aromatic carbocycles. The molecule has 1 aliphatic rings. The van der Waals surface area contributed by atoms with Crippen LogP contribution >= 0.6 is 0 Å². The molecular weight excluding hydrogens is 492 g/mol. The van der Waals surface area contributed by atoms with Gasteiger partial charge in [0.05, 0.1) is 5.41 Å². The molecule has 2 rings (SSSR count). The number of allylic oxidation sites excluding steroid dienone is 2. The van der Waals surface area contributed by atoms with Gasteiger partial charge in [-0.1, -0.05) is 24.3 Å². The first-order chi connectivity index (χ1) is 14.7. The Labute approximate surface area is 176 Å². The Morgan fingerprint density at radius 2 is 1.06 bits per heavy atom. The van der Waals surface area contributed by atoms with E-state index < -0.39 is 59.6 Å². The van der Waals surface area contributed by atoms with Crippen LogP contribution < -0.4 is 4.74 Å². The lowest BCUT2D eigenvalue weighted by atomic mass is 9.56. The lowest BCUT2D eigenvalue weighted by Gasteiger charge is -2.55. The third-order valence-electron chi connectivity index (χ3n) is 5.07. The third kappa shape index (κ3) is 3.94. The number of hydrogen-bond donors (Lipinski definition) is 2. The predicted molar refractivity (Wildman–Crippen MR) is 85.5 cm³/mol. The second-order valence-corrected chi connectivity index (χ2v) is 6.94. The molecule has 0 heterocycles. The highest BCUT2D eigenvalue weighted by atomic mass is 19.4. The molecule has 33 heavy (non-hydrogen) atoms. The van der Waals surface area contributed by atoms with Crippen molar-refractivity contribution >= 4 is 0 Å². The summed E-state index contributed by atoms with van der Waals surface area (Å²) in [6, 6.07) is 6.58. The van der Waals surface area contributed by atoms with Gasteiger partial charge in [-0.15, -0.1) is 0 Å². The monoisotopic (exact) mass is 504 g/mol. The Bertz CT molecular complexity index is 841. The van der Waals surface area contributed by atoms with Crippen LogP contribution in [0.2, 0.25) is 0 Å². The fraction of sp³-hybridized carbons (Fsp3) is 0.444. The van der Waals surface area contributed by atoms with Crippen LogP contribution in [0.5, 0.6) is 5.75 Å². The molecule has 0 unspecified atom stereocenters. The van der Waals surface area contributed by atoms with Gasteiger partial charge in [-0.25, -0.2) is 0 Å². The zero-order chi connectivity index (χ0) is 25.7. The van der Waals surface area contributed by atoms with Crippen LogP contribution in [0, 0.1) is 5.41 Å². The van der Waals surface area contributed by atoms with Crippen molar-refractivity contribution in [3.8, 4) is 5.75 Å². The summed E-state index contributed by atoms with van der Waals surface area (Å²) in [5, 5.41) is 19.3. The second-order valence-electron chi connectivity index (χ2n) is 6.94. The van der Waals surface area contributed by atoms with Gasteiger partial charge in [0.1, 0.15) is 11.5 Å². The number of ether oxygens (including phenoxy) is 1. The molecule has 186 valence electrons.